The number of nitrogens with zero attached hydrogens (tertiary/aromatic N) is 2. The standard InChI is InChI=1S/C17H25N3O2S/c1-19-10-14(15(18)16(19)17(21)20-8-3-9-20)23-11-12-4-6-13(22-2)7-5-12/h4-7,14-16H,3,8-11,18H2,1-2H3. The molecule has 0 radical (unpaired) electrons. The Balaban J connectivity index is 1.56. The van der Waals surface area contributed by atoms with Crippen molar-refractivity contribution in [2.24, 2.45) is 5.73 Å². The molecule has 3 rings (SSSR count). The topological polar surface area (TPSA) is 58.8 Å². The van der Waals surface area contributed by atoms with E-state index >= 15 is 0 Å². The number of nitrogens with two attached hydrogens (primary N) is 1. The van der Waals surface area contributed by atoms with Crippen LogP contribution in [0.1, 0.15) is 12.0 Å². The molecule has 2 aliphatic heterocycles. The molecule has 6 heteroatoms. The second-order valence-electron chi connectivity index (χ2n) is 6.34. The Kier molecular flexibility index (Phi) is 5.14. The summed E-state index contributed by atoms with van der Waals surface area (Å²) < 4.78 is 5.18. The predicted octanol–water partition coefficient (Wildman–Crippen LogP) is 1.17. The van der Waals surface area contributed by atoms with Crippen molar-refractivity contribution >= 4 is 17.7 Å². The molecule has 5 nitrogen and oxygen atoms in total. The Labute approximate surface area is 142 Å². The third-order valence-electron chi connectivity index (χ3n) is 4.78. The van der Waals surface area contributed by atoms with Gasteiger partial charge in [-0.05, 0) is 31.2 Å². The quantitative estimate of drug-likeness (QED) is 0.875. The van der Waals surface area contributed by atoms with Crippen molar-refractivity contribution in [1.29, 1.82) is 0 Å². The van der Waals surface area contributed by atoms with E-state index in [1.165, 1.54) is 5.56 Å². The first-order valence-corrected chi connectivity index (χ1v) is 9.14. The summed E-state index contributed by atoms with van der Waals surface area (Å²) in [5.41, 5.74) is 7.66. The molecule has 23 heavy (non-hydrogen) atoms. The molecular formula is C17H25N3O2S. The number of methoxy groups -OCH3 is 1. The van der Waals surface area contributed by atoms with Gasteiger partial charge in [-0.3, -0.25) is 9.69 Å². The molecule has 0 bridgehead atoms. The number of hydrogen-bond acceptors (Lipinski definition) is 5. The van der Waals surface area contributed by atoms with E-state index in [-0.39, 0.29) is 23.2 Å². The zero-order valence-electron chi connectivity index (χ0n) is 13.8. The van der Waals surface area contributed by atoms with Crippen molar-refractivity contribution in [3.8, 4) is 5.75 Å². The van der Waals surface area contributed by atoms with Gasteiger partial charge in [0.15, 0.2) is 0 Å². The maximum Gasteiger partial charge on any atom is 0.241 e. The van der Waals surface area contributed by atoms with Crippen LogP contribution in [-0.2, 0) is 10.5 Å². The van der Waals surface area contributed by atoms with Crippen LogP contribution in [0.3, 0.4) is 0 Å². The smallest absolute Gasteiger partial charge is 0.241 e. The fraction of sp³-hybridized carbons (Fsp3) is 0.588. The first kappa shape index (κ1) is 16.6. The summed E-state index contributed by atoms with van der Waals surface area (Å²) in [6.45, 7) is 2.64. The summed E-state index contributed by atoms with van der Waals surface area (Å²) in [4.78, 5) is 16.6. The van der Waals surface area contributed by atoms with E-state index in [9.17, 15) is 4.79 Å². The van der Waals surface area contributed by atoms with Crippen molar-refractivity contribution < 1.29 is 9.53 Å². The highest BCUT2D eigenvalue weighted by Gasteiger charge is 2.44. The molecule has 1 aromatic carbocycles. The second-order valence-corrected chi connectivity index (χ2v) is 7.57. The average molecular weight is 335 g/mol. The van der Waals surface area contributed by atoms with Crippen LogP contribution in [0.4, 0.5) is 0 Å². The monoisotopic (exact) mass is 335 g/mol. The van der Waals surface area contributed by atoms with Crippen molar-refractivity contribution in [3.63, 3.8) is 0 Å². The van der Waals surface area contributed by atoms with Crippen LogP contribution in [0.15, 0.2) is 24.3 Å². The number of amides is 1. The van der Waals surface area contributed by atoms with E-state index in [0.717, 1.165) is 37.6 Å². The molecule has 2 aliphatic rings. The Hall–Kier alpha value is -1.24. The van der Waals surface area contributed by atoms with Gasteiger partial charge in [0.2, 0.25) is 5.91 Å². The fourth-order valence-electron chi connectivity index (χ4n) is 3.18. The van der Waals surface area contributed by atoms with Gasteiger partial charge in [0.25, 0.3) is 0 Å². The molecular weight excluding hydrogens is 310 g/mol. The third-order valence-corrected chi connectivity index (χ3v) is 6.17. The molecule has 2 heterocycles. The van der Waals surface area contributed by atoms with Crippen LogP contribution >= 0.6 is 11.8 Å². The van der Waals surface area contributed by atoms with Gasteiger partial charge in [-0.25, -0.2) is 0 Å². The summed E-state index contributed by atoms with van der Waals surface area (Å²) in [5.74, 6) is 1.98. The Morgan fingerprint density at radius 1 is 1.35 bits per heavy atom. The minimum atomic E-state index is -0.163. The van der Waals surface area contributed by atoms with Crippen molar-refractivity contribution in [2.45, 2.75) is 29.5 Å². The average Bonchev–Trinajstić information content (AvgIpc) is 2.78. The van der Waals surface area contributed by atoms with Gasteiger partial charge in [-0.2, -0.15) is 11.8 Å². The molecule has 1 aromatic rings. The van der Waals surface area contributed by atoms with E-state index < -0.39 is 0 Å². The number of hydrogen-bond donors (Lipinski definition) is 1. The van der Waals surface area contributed by atoms with Gasteiger partial charge in [0.05, 0.1) is 7.11 Å². The lowest BCUT2D eigenvalue weighted by molar-refractivity contribution is -0.139. The van der Waals surface area contributed by atoms with E-state index in [1.54, 1.807) is 7.11 Å². The van der Waals surface area contributed by atoms with Crippen LogP contribution in [-0.4, -0.2) is 66.8 Å². The largest absolute Gasteiger partial charge is 0.497 e. The zero-order chi connectivity index (χ0) is 16.4. The van der Waals surface area contributed by atoms with Gasteiger partial charge in [0.1, 0.15) is 11.8 Å². The molecule has 2 N–H and O–H groups in total. The van der Waals surface area contributed by atoms with Gasteiger partial charge < -0.3 is 15.4 Å². The first-order chi connectivity index (χ1) is 11.1. The maximum absolute atomic E-state index is 12.5. The SMILES string of the molecule is COc1ccc(CSC2CN(C)C(C(=O)N3CCC3)C2N)cc1. The number of ether oxygens (including phenoxy) is 1. The second kappa shape index (κ2) is 7.11. The fourth-order valence-corrected chi connectivity index (χ4v) is 4.49. The molecule has 0 aromatic heterocycles. The van der Waals surface area contributed by atoms with Crippen molar-refractivity contribution in [1.82, 2.24) is 9.80 Å². The number of likely N-dealkylation sites (N-methyl/N-ethyl adjacent to an activating group) is 1. The summed E-state index contributed by atoms with van der Waals surface area (Å²) in [7, 11) is 3.68. The van der Waals surface area contributed by atoms with E-state index in [2.05, 4.69) is 17.0 Å². The highest BCUT2D eigenvalue weighted by atomic mass is 32.2. The minimum Gasteiger partial charge on any atom is -0.497 e. The van der Waals surface area contributed by atoms with E-state index in [4.69, 9.17) is 10.5 Å². The van der Waals surface area contributed by atoms with Gasteiger partial charge in [0, 0.05) is 36.7 Å². The van der Waals surface area contributed by atoms with Crippen LogP contribution < -0.4 is 10.5 Å². The number of rotatable bonds is 5. The minimum absolute atomic E-state index is 0.101. The summed E-state index contributed by atoms with van der Waals surface area (Å²) in [6, 6.07) is 7.86. The highest BCUT2D eigenvalue weighted by molar-refractivity contribution is 7.99. The molecule has 3 unspecified atom stereocenters. The van der Waals surface area contributed by atoms with Gasteiger partial charge in [-0.15, -0.1) is 0 Å². The number of benzene rings is 1. The van der Waals surface area contributed by atoms with Crippen LogP contribution in [0.2, 0.25) is 0 Å². The van der Waals surface area contributed by atoms with Crippen LogP contribution in [0.25, 0.3) is 0 Å². The molecule has 3 atom stereocenters. The maximum atomic E-state index is 12.5. The van der Waals surface area contributed by atoms with Crippen molar-refractivity contribution in [3.05, 3.63) is 29.8 Å². The Morgan fingerprint density at radius 3 is 2.61 bits per heavy atom. The summed E-state index contributed by atoms with van der Waals surface area (Å²) >= 11 is 1.84. The summed E-state index contributed by atoms with van der Waals surface area (Å²) in [6.07, 6.45) is 1.12. The normalized spacial score (nSPS) is 27.8. The lowest BCUT2D eigenvalue weighted by atomic mass is 10.1. The lowest BCUT2D eigenvalue weighted by Crippen LogP contribution is -2.55. The number of carbonyl (C=O) groups excluding carboxylic acids is 1. The molecule has 0 aliphatic carbocycles. The molecule has 2 fully saturated rings. The number of carbonyl (C=O) groups is 1. The van der Waals surface area contributed by atoms with E-state index in [1.807, 2.05) is 35.8 Å². The molecule has 0 spiro atoms. The van der Waals surface area contributed by atoms with Crippen molar-refractivity contribution in [2.75, 3.05) is 33.8 Å². The van der Waals surface area contributed by atoms with E-state index in [0.29, 0.717) is 0 Å². The van der Waals surface area contributed by atoms with Crippen LogP contribution in [0, 0.1) is 0 Å². The molecule has 2 saturated heterocycles. The predicted molar refractivity (Wildman–Crippen MR) is 93.7 cm³/mol. The molecule has 1 amide bonds. The lowest BCUT2D eigenvalue weighted by Gasteiger charge is -2.36. The highest BCUT2D eigenvalue weighted by Crippen LogP contribution is 2.30. The Bertz CT molecular complexity index is 547. The number of likely N-dealkylation sites (tertiary alicyclic amines) is 2. The molecule has 0 saturated carbocycles. The third kappa shape index (κ3) is 3.49. The number of thioether (sulfide) groups is 1. The van der Waals surface area contributed by atoms with Gasteiger partial charge >= 0.3 is 0 Å². The Morgan fingerprint density at radius 2 is 2.04 bits per heavy atom. The van der Waals surface area contributed by atoms with Gasteiger partial charge in [-0.1, -0.05) is 12.1 Å². The summed E-state index contributed by atoms with van der Waals surface area (Å²) in [5, 5.41) is 0.289. The molecule has 126 valence electrons. The van der Waals surface area contributed by atoms with Crippen LogP contribution in [0.5, 0.6) is 5.75 Å². The first-order valence-electron chi connectivity index (χ1n) is 8.09. The zero-order valence-corrected chi connectivity index (χ0v) is 14.6.